The average Bonchev–Trinajstić information content (AvgIpc) is 3.05. The minimum Gasteiger partial charge on any atom is -0.337 e. The van der Waals surface area contributed by atoms with Gasteiger partial charge in [-0.1, -0.05) is 35.5 Å². The van der Waals surface area contributed by atoms with Gasteiger partial charge < -0.3 is 15.2 Å². The molecule has 110 valence electrons. The quantitative estimate of drug-likeness (QED) is 0.929. The van der Waals surface area contributed by atoms with E-state index in [1.807, 2.05) is 30.3 Å². The van der Waals surface area contributed by atoms with Gasteiger partial charge in [0.1, 0.15) is 6.04 Å². The van der Waals surface area contributed by atoms with Crippen molar-refractivity contribution in [2.75, 3.05) is 13.1 Å². The maximum atomic E-state index is 11.9. The zero-order chi connectivity index (χ0) is 14.7. The third kappa shape index (κ3) is 2.80. The SMILES string of the molecule is NCC(=O)N1CCCCC1c1nc(-c2ccccc2)no1. The fourth-order valence-electron chi connectivity index (χ4n) is 2.68. The molecular weight excluding hydrogens is 268 g/mol. The Morgan fingerprint density at radius 1 is 1.33 bits per heavy atom. The lowest BCUT2D eigenvalue weighted by atomic mass is 10.0. The number of carbonyl (C=O) groups excluding carboxylic acids is 1. The molecule has 21 heavy (non-hydrogen) atoms. The molecule has 2 aromatic rings. The van der Waals surface area contributed by atoms with Crippen molar-refractivity contribution in [2.24, 2.45) is 5.73 Å². The Hall–Kier alpha value is -2.21. The number of nitrogens with zero attached hydrogens (tertiary/aromatic N) is 3. The number of nitrogens with two attached hydrogens (primary N) is 1. The molecule has 0 radical (unpaired) electrons. The first-order valence-electron chi connectivity index (χ1n) is 7.18. The van der Waals surface area contributed by atoms with Crippen molar-refractivity contribution >= 4 is 5.91 Å². The summed E-state index contributed by atoms with van der Waals surface area (Å²) in [6.45, 7) is 0.708. The van der Waals surface area contributed by atoms with Gasteiger partial charge in [-0.25, -0.2) is 0 Å². The van der Waals surface area contributed by atoms with Crippen LogP contribution in [0.2, 0.25) is 0 Å². The van der Waals surface area contributed by atoms with E-state index in [0.717, 1.165) is 24.8 Å². The summed E-state index contributed by atoms with van der Waals surface area (Å²) in [6, 6.07) is 9.50. The average molecular weight is 286 g/mol. The van der Waals surface area contributed by atoms with Crippen LogP contribution >= 0.6 is 0 Å². The Kier molecular flexibility index (Phi) is 3.96. The number of hydrogen-bond acceptors (Lipinski definition) is 5. The lowest BCUT2D eigenvalue weighted by molar-refractivity contribution is -0.134. The molecule has 2 N–H and O–H groups in total. The molecule has 3 rings (SSSR count). The number of benzene rings is 1. The summed E-state index contributed by atoms with van der Waals surface area (Å²) in [5.74, 6) is 0.978. The highest BCUT2D eigenvalue weighted by molar-refractivity contribution is 5.78. The van der Waals surface area contributed by atoms with E-state index in [0.29, 0.717) is 18.3 Å². The number of hydrogen-bond donors (Lipinski definition) is 1. The van der Waals surface area contributed by atoms with E-state index in [4.69, 9.17) is 10.3 Å². The molecule has 1 saturated heterocycles. The van der Waals surface area contributed by atoms with Crippen molar-refractivity contribution in [1.82, 2.24) is 15.0 Å². The van der Waals surface area contributed by atoms with Crippen molar-refractivity contribution in [3.8, 4) is 11.4 Å². The van der Waals surface area contributed by atoms with E-state index >= 15 is 0 Å². The first-order chi connectivity index (χ1) is 10.3. The molecule has 1 atom stereocenters. The van der Waals surface area contributed by atoms with E-state index < -0.39 is 0 Å². The van der Waals surface area contributed by atoms with Gasteiger partial charge in [-0.15, -0.1) is 0 Å². The van der Waals surface area contributed by atoms with Gasteiger partial charge in [0, 0.05) is 12.1 Å². The zero-order valence-corrected chi connectivity index (χ0v) is 11.7. The molecule has 1 aliphatic rings. The van der Waals surface area contributed by atoms with Crippen LogP contribution in [0.3, 0.4) is 0 Å². The number of rotatable bonds is 3. The van der Waals surface area contributed by atoms with Crippen LogP contribution in [0.4, 0.5) is 0 Å². The maximum Gasteiger partial charge on any atom is 0.249 e. The molecule has 2 heterocycles. The van der Waals surface area contributed by atoms with Crippen LogP contribution in [0.1, 0.15) is 31.2 Å². The second-order valence-electron chi connectivity index (χ2n) is 5.13. The van der Waals surface area contributed by atoms with Crippen molar-refractivity contribution in [1.29, 1.82) is 0 Å². The summed E-state index contributed by atoms with van der Waals surface area (Å²) in [7, 11) is 0. The van der Waals surface area contributed by atoms with Crippen LogP contribution in [0.25, 0.3) is 11.4 Å². The van der Waals surface area contributed by atoms with Crippen LogP contribution in [0, 0.1) is 0 Å². The van der Waals surface area contributed by atoms with Crippen LogP contribution < -0.4 is 5.73 Å². The van der Waals surface area contributed by atoms with Gasteiger partial charge in [0.2, 0.25) is 17.6 Å². The van der Waals surface area contributed by atoms with Gasteiger partial charge >= 0.3 is 0 Å². The Balaban J connectivity index is 1.86. The molecule has 1 unspecified atom stereocenters. The van der Waals surface area contributed by atoms with E-state index in [-0.39, 0.29) is 18.5 Å². The van der Waals surface area contributed by atoms with Gasteiger partial charge in [-0.2, -0.15) is 4.98 Å². The molecule has 6 heteroatoms. The molecule has 1 aliphatic heterocycles. The molecule has 1 aromatic carbocycles. The third-order valence-electron chi connectivity index (χ3n) is 3.76. The van der Waals surface area contributed by atoms with Crippen LogP contribution in [0.15, 0.2) is 34.9 Å². The summed E-state index contributed by atoms with van der Waals surface area (Å²) >= 11 is 0. The number of aromatic nitrogens is 2. The summed E-state index contributed by atoms with van der Waals surface area (Å²) < 4.78 is 5.39. The van der Waals surface area contributed by atoms with E-state index in [2.05, 4.69) is 10.1 Å². The smallest absolute Gasteiger partial charge is 0.249 e. The summed E-state index contributed by atoms with van der Waals surface area (Å²) in [4.78, 5) is 18.2. The second kappa shape index (κ2) is 6.05. The zero-order valence-electron chi connectivity index (χ0n) is 11.7. The number of carbonyl (C=O) groups is 1. The number of piperidine rings is 1. The third-order valence-corrected chi connectivity index (χ3v) is 3.76. The molecule has 0 bridgehead atoms. The van der Waals surface area contributed by atoms with Crippen LogP contribution in [-0.4, -0.2) is 34.0 Å². The summed E-state index contributed by atoms with van der Waals surface area (Å²) in [5.41, 5.74) is 6.38. The summed E-state index contributed by atoms with van der Waals surface area (Å²) in [5, 5.41) is 4.03. The Bertz CT molecular complexity index is 611. The molecule has 1 aromatic heterocycles. The molecular formula is C15H18N4O2. The second-order valence-corrected chi connectivity index (χ2v) is 5.13. The number of likely N-dealkylation sites (tertiary alicyclic amines) is 1. The fraction of sp³-hybridized carbons (Fsp3) is 0.400. The first-order valence-corrected chi connectivity index (χ1v) is 7.18. The molecule has 1 fully saturated rings. The first kappa shape index (κ1) is 13.8. The predicted octanol–water partition coefficient (Wildman–Crippen LogP) is 1.75. The highest BCUT2D eigenvalue weighted by atomic mass is 16.5. The Morgan fingerprint density at radius 3 is 2.90 bits per heavy atom. The van der Waals surface area contributed by atoms with E-state index in [1.165, 1.54) is 0 Å². The van der Waals surface area contributed by atoms with Gasteiger partial charge in [-0.05, 0) is 19.3 Å². The topological polar surface area (TPSA) is 85.3 Å². The monoisotopic (exact) mass is 286 g/mol. The standard InChI is InChI=1S/C15H18N4O2/c16-10-13(20)19-9-5-4-8-12(19)15-17-14(18-21-15)11-6-2-1-3-7-11/h1-3,6-7,12H,4-5,8-10,16H2. The Labute approximate surface area is 122 Å². The fourth-order valence-corrected chi connectivity index (χ4v) is 2.68. The van der Waals surface area contributed by atoms with Crippen molar-refractivity contribution in [3.05, 3.63) is 36.2 Å². The molecule has 6 nitrogen and oxygen atoms in total. The minimum absolute atomic E-state index is 0.0101. The largest absolute Gasteiger partial charge is 0.337 e. The van der Waals surface area contributed by atoms with Crippen molar-refractivity contribution in [3.63, 3.8) is 0 Å². The van der Waals surface area contributed by atoms with Gasteiger partial charge in [0.05, 0.1) is 6.54 Å². The Morgan fingerprint density at radius 2 is 2.14 bits per heavy atom. The van der Waals surface area contributed by atoms with E-state index in [1.54, 1.807) is 4.90 Å². The van der Waals surface area contributed by atoms with Gasteiger partial charge in [0.15, 0.2) is 0 Å². The highest BCUT2D eigenvalue weighted by Crippen LogP contribution is 2.30. The lowest BCUT2D eigenvalue weighted by Crippen LogP contribution is -2.41. The van der Waals surface area contributed by atoms with Crippen LogP contribution in [0.5, 0.6) is 0 Å². The lowest BCUT2D eigenvalue weighted by Gasteiger charge is -2.33. The van der Waals surface area contributed by atoms with Gasteiger partial charge in [-0.3, -0.25) is 4.79 Å². The minimum atomic E-state index is -0.153. The predicted molar refractivity (Wildman–Crippen MR) is 77.1 cm³/mol. The summed E-state index contributed by atoms with van der Waals surface area (Å²) in [6.07, 6.45) is 2.87. The molecule has 0 saturated carbocycles. The molecule has 1 amide bonds. The maximum absolute atomic E-state index is 11.9. The van der Waals surface area contributed by atoms with E-state index in [9.17, 15) is 4.79 Å². The van der Waals surface area contributed by atoms with Crippen molar-refractivity contribution < 1.29 is 9.32 Å². The normalized spacial score (nSPS) is 18.7. The van der Waals surface area contributed by atoms with Crippen LogP contribution in [-0.2, 0) is 4.79 Å². The number of amides is 1. The molecule has 0 aliphatic carbocycles. The highest BCUT2D eigenvalue weighted by Gasteiger charge is 2.31. The molecule has 0 spiro atoms. The van der Waals surface area contributed by atoms with Gasteiger partial charge in [0.25, 0.3) is 0 Å². The van der Waals surface area contributed by atoms with Crippen molar-refractivity contribution in [2.45, 2.75) is 25.3 Å².